The minimum Gasteiger partial charge on any atom is -0.457 e. The van der Waals surface area contributed by atoms with Crippen LogP contribution in [0.1, 0.15) is 57.9 Å². The molecular formula is C37H34N2O3. The number of hydrogen-bond acceptors (Lipinski definition) is 5. The predicted molar refractivity (Wildman–Crippen MR) is 170 cm³/mol. The second kappa shape index (κ2) is 11.6. The monoisotopic (exact) mass is 554 g/mol. The molecule has 0 saturated carbocycles. The highest BCUT2D eigenvalue weighted by atomic mass is 16.5. The Morgan fingerprint density at radius 3 is 2.19 bits per heavy atom. The first-order valence-electron chi connectivity index (χ1n) is 14.4. The molecule has 0 spiro atoms. The fourth-order valence-corrected chi connectivity index (χ4v) is 6.00. The highest BCUT2D eigenvalue weighted by Crippen LogP contribution is 2.52. The van der Waals surface area contributed by atoms with Crippen molar-refractivity contribution in [3.05, 3.63) is 143 Å². The number of fused-ring (bicyclic) bond motifs is 2. The van der Waals surface area contributed by atoms with Crippen LogP contribution in [0.2, 0.25) is 0 Å². The van der Waals surface area contributed by atoms with Gasteiger partial charge in [-0.2, -0.15) is 0 Å². The van der Waals surface area contributed by atoms with E-state index in [9.17, 15) is 9.90 Å². The molecule has 1 unspecified atom stereocenters. The van der Waals surface area contributed by atoms with Gasteiger partial charge in [-0.1, -0.05) is 84.9 Å². The Bertz CT molecular complexity index is 1740. The first-order valence-corrected chi connectivity index (χ1v) is 14.4. The first-order chi connectivity index (χ1) is 20.5. The highest BCUT2D eigenvalue weighted by molar-refractivity contribution is 6.09. The maximum atomic E-state index is 13.0. The van der Waals surface area contributed by atoms with Crippen LogP contribution >= 0.6 is 0 Å². The Hall–Kier alpha value is -4.87. The van der Waals surface area contributed by atoms with Gasteiger partial charge in [0, 0.05) is 64.3 Å². The molecule has 0 saturated heterocycles. The number of carbonyl (C=O) groups is 1. The highest BCUT2D eigenvalue weighted by Gasteiger charge is 2.33. The van der Waals surface area contributed by atoms with Crippen molar-refractivity contribution in [1.82, 2.24) is 0 Å². The van der Waals surface area contributed by atoms with Gasteiger partial charge >= 0.3 is 0 Å². The van der Waals surface area contributed by atoms with Crippen LogP contribution in [0.4, 0.5) is 11.4 Å². The molecule has 0 bridgehead atoms. The Morgan fingerprint density at radius 2 is 1.48 bits per heavy atom. The summed E-state index contributed by atoms with van der Waals surface area (Å²) < 4.78 is 6.54. The lowest BCUT2D eigenvalue weighted by Crippen LogP contribution is -2.22. The summed E-state index contributed by atoms with van der Waals surface area (Å²) in [5.74, 6) is 1.25. The third-order valence-electron chi connectivity index (χ3n) is 8.22. The summed E-state index contributed by atoms with van der Waals surface area (Å²) in [7, 11) is 0. The zero-order valence-corrected chi connectivity index (χ0v) is 23.9. The average molecular weight is 555 g/mol. The molecule has 0 amide bonds. The number of nitrogens with two attached hydrogens (primary N) is 1. The van der Waals surface area contributed by atoms with E-state index >= 15 is 0 Å². The van der Waals surface area contributed by atoms with Crippen LogP contribution in [-0.4, -0.2) is 24.0 Å². The Labute approximate surface area is 246 Å². The van der Waals surface area contributed by atoms with Crippen LogP contribution in [0.25, 0.3) is 11.1 Å². The van der Waals surface area contributed by atoms with Gasteiger partial charge in [-0.15, -0.1) is 0 Å². The number of benzene rings is 5. The number of anilines is 2. The van der Waals surface area contributed by atoms with Crippen LogP contribution in [-0.2, 0) is 6.61 Å². The van der Waals surface area contributed by atoms with Crippen molar-refractivity contribution in [2.75, 3.05) is 23.7 Å². The smallest absolute Gasteiger partial charge is 0.193 e. The third-order valence-corrected chi connectivity index (χ3v) is 8.22. The van der Waals surface area contributed by atoms with Crippen molar-refractivity contribution in [3.8, 4) is 22.6 Å². The summed E-state index contributed by atoms with van der Waals surface area (Å²) >= 11 is 0. The van der Waals surface area contributed by atoms with Gasteiger partial charge in [0.05, 0.1) is 6.61 Å². The number of aliphatic hydroxyl groups excluding tert-OH is 1. The summed E-state index contributed by atoms with van der Waals surface area (Å²) in [6.07, 6.45) is 0. The number of nitrogens with zero attached hydrogens (tertiary/aromatic N) is 1. The van der Waals surface area contributed by atoms with E-state index < -0.39 is 0 Å². The quantitative estimate of drug-likeness (QED) is 0.148. The van der Waals surface area contributed by atoms with Crippen LogP contribution in [0.15, 0.2) is 109 Å². The minimum absolute atomic E-state index is 0.0182. The number of rotatable bonds is 8. The molecule has 5 heteroatoms. The Balaban J connectivity index is 1.46. The molecule has 0 fully saturated rings. The van der Waals surface area contributed by atoms with Crippen LogP contribution in [0.5, 0.6) is 11.5 Å². The number of aliphatic hydroxyl groups is 1. The van der Waals surface area contributed by atoms with E-state index in [0.29, 0.717) is 22.6 Å². The van der Waals surface area contributed by atoms with Crippen LogP contribution in [0, 0.1) is 0 Å². The van der Waals surface area contributed by atoms with Gasteiger partial charge in [0.2, 0.25) is 0 Å². The molecule has 1 atom stereocenters. The van der Waals surface area contributed by atoms with Crippen molar-refractivity contribution in [2.45, 2.75) is 26.4 Å². The largest absolute Gasteiger partial charge is 0.457 e. The van der Waals surface area contributed by atoms with E-state index in [1.807, 2.05) is 84.9 Å². The summed E-state index contributed by atoms with van der Waals surface area (Å²) in [5.41, 5.74) is 15.5. The van der Waals surface area contributed by atoms with E-state index in [-0.39, 0.29) is 18.3 Å². The minimum atomic E-state index is -0.225. The number of hydrogen-bond donors (Lipinski definition) is 2. The van der Waals surface area contributed by atoms with E-state index in [0.717, 1.165) is 57.9 Å². The van der Waals surface area contributed by atoms with Crippen molar-refractivity contribution in [3.63, 3.8) is 0 Å². The van der Waals surface area contributed by atoms with Gasteiger partial charge in [-0.05, 0) is 48.7 Å². The van der Waals surface area contributed by atoms with E-state index in [2.05, 4.69) is 43.0 Å². The lowest BCUT2D eigenvalue weighted by atomic mass is 9.78. The molecule has 5 nitrogen and oxygen atoms in total. The van der Waals surface area contributed by atoms with Gasteiger partial charge in [0.25, 0.3) is 0 Å². The first kappa shape index (κ1) is 27.3. The van der Waals surface area contributed by atoms with Crippen molar-refractivity contribution < 1.29 is 14.6 Å². The van der Waals surface area contributed by atoms with Crippen molar-refractivity contribution >= 4 is 17.2 Å². The zero-order valence-electron chi connectivity index (χ0n) is 23.9. The normalized spacial score (nSPS) is 13.5. The maximum Gasteiger partial charge on any atom is 0.193 e. The summed E-state index contributed by atoms with van der Waals surface area (Å²) in [5, 5.41) is 10.3. The average Bonchev–Trinajstić information content (AvgIpc) is 3.04. The van der Waals surface area contributed by atoms with Gasteiger partial charge in [0.15, 0.2) is 5.78 Å². The molecule has 1 aliphatic rings. The van der Waals surface area contributed by atoms with Crippen LogP contribution in [0.3, 0.4) is 0 Å². The topological polar surface area (TPSA) is 75.8 Å². The summed E-state index contributed by atoms with van der Waals surface area (Å²) in [6.45, 7) is 6.01. The molecule has 0 radical (unpaired) electrons. The van der Waals surface area contributed by atoms with E-state index in [1.165, 1.54) is 0 Å². The van der Waals surface area contributed by atoms with E-state index in [1.54, 1.807) is 0 Å². The van der Waals surface area contributed by atoms with Crippen molar-refractivity contribution in [1.29, 1.82) is 0 Å². The lowest BCUT2D eigenvalue weighted by molar-refractivity contribution is 0.103. The standard InChI is InChI=1S/C37H34N2O3/c1-3-39(4-2)28-18-19-31-33(22-28)42-32-21-20-30(36(38)35(32)34(31)29-13-9-8-12-27(29)23-40)24-14-16-26(17-15-24)37(41)25-10-6-5-7-11-25/h5-22,34,40H,3-4,23,38H2,1-2H3. The number of ether oxygens (including phenoxy) is 1. The zero-order chi connectivity index (χ0) is 29.2. The molecule has 5 aromatic carbocycles. The van der Waals surface area contributed by atoms with E-state index in [4.69, 9.17) is 10.5 Å². The Morgan fingerprint density at radius 1 is 0.786 bits per heavy atom. The SMILES string of the molecule is CCN(CC)c1ccc2c(c1)Oc1ccc(-c3ccc(C(=O)c4ccccc4)cc3)c(N)c1C2c1ccccc1CO. The third kappa shape index (κ3) is 4.82. The Kier molecular flexibility index (Phi) is 7.51. The van der Waals surface area contributed by atoms with Gasteiger partial charge in [-0.25, -0.2) is 0 Å². The number of ketones is 1. The van der Waals surface area contributed by atoms with Crippen molar-refractivity contribution in [2.24, 2.45) is 0 Å². The molecule has 5 aromatic rings. The van der Waals surface area contributed by atoms with Gasteiger partial charge < -0.3 is 20.5 Å². The fourth-order valence-electron chi connectivity index (χ4n) is 6.00. The summed E-state index contributed by atoms with van der Waals surface area (Å²) in [4.78, 5) is 15.3. The number of nitrogen functional groups attached to an aromatic ring is 1. The maximum absolute atomic E-state index is 13.0. The second-order valence-electron chi connectivity index (χ2n) is 10.5. The molecule has 0 aromatic heterocycles. The molecule has 3 N–H and O–H groups in total. The molecule has 0 aliphatic carbocycles. The lowest BCUT2D eigenvalue weighted by Gasteiger charge is -2.33. The van der Waals surface area contributed by atoms with Gasteiger partial charge in [0.1, 0.15) is 11.5 Å². The molecular weight excluding hydrogens is 520 g/mol. The molecule has 210 valence electrons. The summed E-state index contributed by atoms with van der Waals surface area (Å²) in [6, 6.07) is 35.1. The fraction of sp³-hybridized carbons (Fsp3) is 0.162. The molecule has 1 heterocycles. The molecule has 42 heavy (non-hydrogen) atoms. The molecule has 6 rings (SSSR count). The predicted octanol–water partition coefficient (Wildman–Crippen LogP) is 7.79. The molecule has 1 aliphatic heterocycles. The van der Waals surface area contributed by atoms with Crippen LogP contribution < -0.4 is 15.4 Å². The second-order valence-corrected chi connectivity index (χ2v) is 10.5. The van der Waals surface area contributed by atoms with Gasteiger partial charge in [-0.3, -0.25) is 4.79 Å². The number of carbonyl (C=O) groups excluding carboxylic acids is 1.